The van der Waals surface area contributed by atoms with Gasteiger partial charge in [-0.3, -0.25) is 4.90 Å². The van der Waals surface area contributed by atoms with Gasteiger partial charge in [0, 0.05) is 4.47 Å². The van der Waals surface area contributed by atoms with E-state index in [1.807, 2.05) is 24.4 Å². The van der Waals surface area contributed by atoms with Crippen molar-refractivity contribution in [1.29, 1.82) is 0 Å². The molecule has 1 aliphatic heterocycles. The molecule has 4 nitrogen and oxygen atoms in total. The molecule has 0 saturated carbocycles. The van der Waals surface area contributed by atoms with E-state index in [4.69, 9.17) is 4.74 Å². The molecule has 0 unspecified atom stereocenters. The van der Waals surface area contributed by atoms with Crippen LogP contribution in [0.3, 0.4) is 0 Å². The van der Waals surface area contributed by atoms with Gasteiger partial charge in [-0.2, -0.15) is 0 Å². The average Bonchev–Trinajstić information content (AvgIpc) is 3.04. The number of nitrogens with one attached hydrogen (secondary N) is 1. The van der Waals surface area contributed by atoms with Crippen molar-refractivity contribution in [3.05, 3.63) is 52.6 Å². The molecule has 2 heterocycles. The Labute approximate surface area is 131 Å². The van der Waals surface area contributed by atoms with Crippen molar-refractivity contribution < 1.29 is 14.5 Å². The number of pyridine rings is 1. The Bertz CT molecular complexity index is 637. The Morgan fingerprint density at radius 3 is 2.57 bits per heavy atom. The maximum atomic E-state index is 12.4. The van der Waals surface area contributed by atoms with Gasteiger partial charge >= 0.3 is 5.97 Å². The zero-order valence-electron chi connectivity index (χ0n) is 11.5. The number of rotatable bonds is 3. The van der Waals surface area contributed by atoms with Crippen LogP contribution in [0.2, 0.25) is 0 Å². The molecule has 3 rings (SSSR count). The lowest BCUT2D eigenvalue weighted by Gasteiger charge is -2.12. The van der Waals surface area contributed by atoms with Crippen LogP contribution in [0, 0.1) is 0 Å². The quantitative estimate of drug-likeness (QED) is 0.633. The van der Waals surface area contributed by atoms with E-state index >= 15 is 0 Å². The molecule has 1 N–H and O–H groups in total. The third kappa shape index (κ3) is 3.24. The normalized spacial score (nSPS) is 14.2. The molecule has 0 radical (unpaired) electrons. The van der Waals surface area contributed by atoms with Crippen molar-refractivity contribution in [3.63, 3.8) is 0 Å². The second kappa shape index (κ2) is 6.26. The molecule has 0 amide bonds. The summed E-state index contributed by atoms with van der Waals surface area (Å²) in [5.41, 5.74) is 0.572. The van der Waals surface area contributed by atoms with E-state index in [2.05, 4.69) is 25.8 Å². The largest absolute Gasteiger partial charge is 0.423 e. The van der Waals surface area contributed by atoms with Crippen molar-refractivity contribution in [2.45, 2.75) is 12.8 Å². The molecule has 2 aromatic rings. The minimum atomic E-state index is -0.337. The van der Waals surface area contributed by atoms with Crippen LogP contribution in [0.15, 0.2) is 47.1 Å². The highest BCUT2D eigenvalue weighted by Gasteiger charge is 2.27. The van der Waals surface area contributed by atoms with Gasteiger partial charge < -0.3 is 4.74 Å². The Balaban J connectivity index is 1.82. The highest BCUT2D eigenvalue weighted by Crippen LogP contribution is 2.22. The molecular weight excluding hydrogens is 332 g/mol. The van der Waals surface area contributed by atoms with Crippen LogP contribution in [-0.2, 0) is 0 Å². The van der Waals surface area contributed by atoms with Gasteiger partial charge in [0.2, 0.25) is 0 Å². The first kappa shape index (κ1) is 14.1. The summed E-state index contributed by atoms with van der Waals surface area (Å²) in [6.45, 7) is 1.94. The highest BCUT2D eigenvalue weighted by atomic mass is 79.9. The molecular formula is C16H16BrN2O2+. The van der Waals surface area contributed by atoms with E-state index in [0.29, 0.717) is 11.3 Å². The van der Waals surface area contributed by atoms with E-state index in [-0.39, 0.29) is 5.97 Å². The molecule has 1 aromatic heterocycles. The fraction of sp³-hybridized carbons (Fsp3) is 0.250. The maximum absolute atomic E-state index is 12.4. The molecule has 1 aromatic carbocycles. The van der Waals surface area contributed by atoms with Gasteiger partial charge in [0.15, 0.2) is 0 Å². The number of ether oxygens (including phenoxy) is 1. The number of H-pyrrole nitrogens is 1. The highest BCUT2D eigenvalue weighted by molar-refractivity contribution is 9.10. The number of anilines is 1. The average molecular weight is 348 g/mol. The SMILES string of the molecule is O=C(Oc1ccc(Br)cc1)c1ccc[nH+]c1N1CCCC1. The fourth-order valence-electron chi connectivity index (χ4n) is 2.46. The zero-order valence-corrected chi connectivity index (χ0v) is 13.1. The van der Waals surface area contributed by atoms with Crippen LogP contribution in [0.5, 0.6) is 5.75 Å². The first-order chi connectivity index (χ1) is 10.2. The number of nitrogens with zero attached hydrogens (tertiary/aromatic N) is 1. The minimum absolute atomic E-state index is 0.337. The van der Waals surface area contributed by atoms with Crippen molar-refractivity contribution >= 4 is 27.7 Å². The smallest absolute Gasteiger partial charge is 0.351 e. The number of benzene rings is 1. The number of esters is 1. The van der Waals surface area contributed by atoms with E-state index in [1.54, 1.807) is 18.2 Å². The predicted octanol–water partition coefficient (Wildman–Crippen LogP) is 3.08. The molecule has 1 fully saturated rings. The summed E-state index contributed by atoms with van der Waals surface area (Å²) in [4.78, 5) is 17.8. The van der Waals surface area contributed by atoms with Crippen LogP contribution in [-0.4, -0.2) is 19.1 Å². The Morgan fingerprint density at radius 2 is 1.86 bits per heavy atom. The van der Waals surface area contributed by atoms with Crippen LogP contribution in [0.25, 0.3) is 0 Å². The van der Waals surface area contributed by atoms with Crippen LogP contribution >= 0.6 is 15.9 Å². The summed E-state index contributed by atoms with van der Waals surface area (Å²) in [6.07, 6.45) is 4.15. The van der Waals surface area contributed by atoms with Gasteiger partial charge in [-0.25, -0.2) is 9.78 Å². The summed E-state index contributed by atoms with van der Waals surface area (Å²) in [5, 5.41) is 0. The maximum Gasteiger partial charge on any atom is 0.351 e. The van der Waals surface area contributed by atoms with Gasteiger partial charge in [-0.1, -0.05) is 15.9 Å². The topological polar surface area (TPSA) is 43.7 Å². The van der Waals surface area contributed by atoms with Crippen molar-refractivity contribution in [3.8, 4) is 5.75 Å². The number of hydrogen-bond acceptors (Lipinski definition) is 3. The molecule has 0 spiro atoms. The summed E-state index contributed by atoms with van der Waals surface area (Å²) in [7, 11) is 0. The van der Waals surface area contributed by atoms with Crippen LogP contribution in [0.4, 0.5) is 5.82 Å². The van der Waals surface area contributed by atoms with Crippen molar-refractivity contribution in [1.82, 2.24) is 0 Å². The number of aromatic amines is 1. The lowest BCUT2D eigenvalue weighted by molar-refractivity contribution is -0.364. The van der Waals surface area contributed by atoms with Gasteiger partial charge in [-0.15, -0.1) is 0 Å². The molecule has 0 bridgehead atoms. The molecule has 1 saturated heterocycles. The lowest BCUT2D eigenvalue weighted by Crippen LogP contribution is -2.29. The number of halogens is 1. The van der Waals surface area contributed by atoms with Crippen LogP contribution < -0.4 is 14.6 Å². The number of carbonyl (C=O) groups excluding carboxylic acids is 1. The van der Waals surface area contributed by atoms with Gasteiger partial charge in [-0.05, 0) is 49.2 Å². The standard InChI is InChI=1S/C16H15BrN2O2/c17-12-5-7-13(8-6-12)21-16(20)14-4-3-9-18-15(14)19-10-1-2-11-19/h3-9H,1-2,10-11H2/p+1. The minimum Gasteiger partial charge on any atom is -0.423 e. The lowest BCUT2D eigenvalue weighted by atomic mass is 10.2. The summed E-state index contributed by atoms with van der Waals surface area (Å²) in [6, 6.07) is 10.8. The van der Waals surface area contributed by atoms with E-state index < -0.39 is 0 Å². The van der Waals surface area contributed by atoms with E-state index in [1.165, 1.54) is 0 Å². The monoisotopic (exact) mass is 347 g/mol. The Hall–Kier alpha value is -1.88. The Morgan fingerprint density at radius 1 is 1.14 bits per heavy atom. The molecule has 0 aliphatic carbocycles. The Kier molecular flexibility index (Phi) is 4.20. The number of carbonyl (C=O) groups is 1. The number of hydrogen-bond donors (Lipinski definition) is 0. The third-order valence-corrected chi connectivity index (χ3v) is 4.03. The van der Waals surface area contributed by atoms with Crippen molar-refractivity contribution in [2.75, 3.05) is 18.0 Å². The molecule has 21 heavy (non-hydrogen) atoms. The fourth-order valence-corrected chi connectivity index (χ4v) is 2.72. The third-order valence-electron chi connectivity index (χ3n) is 3.50. The van der Waals surface area contributed by atoms with E-state index in [9.17, 15) is 4.79 Å². The first-order valence-corrected chi connectivity index (χ1v) is 7.77. The second-order valence-corrected chi connectivity index (χ2v) is 5.89. The summed E-state index contributed by atoms with van der Waals surface area (Å²) < 4.78 is 6.40. The first-order valence-electron chi connectivity index (χ1n) is 6.97. The second-order valence-electron chi connectivity index (χ2n) is 4.97. The predicted molar refractivity (Wildman–Crippen MR) is 83.5 cm³/mol. The van der Waals surface area contributed by atoms with E-state index in [0.717, 1.165) is 36.2 Å². The molecule has 5 heteroatoms. The summed E-state index contributed by atoms with van der Waals surface area (Å²) in [5.74, 6) is 1.05. The molecule has 0 atom stereocenters. The molecule has 108 valence electrons. The number of aromatic nitrogens is 1. The van der Waals surface area contributed by atoms with Crippen molar-refractivity contribution in [2.24, 2.45) is 0 Å². The molecule has 1 aliphatic rings. The summed E-state index contributed by atoms with van der Waals surface area (Å²) >= 11 is 3.36. The van der Waals surface area contributed by atoms with Gasteiger partial charge in [0.1, 0.15) is 11.3 Å². The van der Waals surface area contributed by atoms with Crippen LogP contribution in [0.1, 0.15) is 23.2 Å². The van der Waals surface area contributed by atoms with Gasteiger partial charge in [0.25, 0.3) is 5.82 Å². The van der Waals surface area contributed by atoms with Gasteiger partial charge in [0.05, 0.1) is 19.3 Å². The zero-order chi connectivity index (χ0) is 14.7.